The van der Waals surface area contributed by atoms with Crippen molar-refractivity contribution >= 4 is 21.6 Å². The third-order valence-corrected chi connectivity index (χ3v) is 5.50. The van der Waals surface area contributed by atoms with Gasteiger partial charge in [-0.15, -0.1) is 0 Å². The Kier molecular flexibility index (Phi) is 3.61. The van der Waals surface area contributed by atoms with Crippen molar-refractivity contribution in [2.75, 3.05) is 0 Å². The average Bonchev–Trinajstić information content (AvgIpc) is 3.10. The van der Waals surface area contributed by atoms with Crippen LogP contribution in [0, 0.1) is 17.2 Å². The molecular formula is C13H15ClN2O2S. The Labute approximate surface area is 118 Å². The van der Waals surface area contributed by atoms with E-state index in [-0.39, 0.29) is 9.92 Å². The van der Waals surface area contributed by atoms with Crippen LogP contribution < -0.4 is 4.72 Å². The highest BCUT2D eigenvalue weighted by Crippen LogP contribution is 2.40. The van der Waals surface area contributed by atoms with Crippen molar-refractivity contribution in [2.24, 2.45) is 5.92 Å². The number of hydrogen-bond acceptors (Lipinski definition) is 3. The van der Waals surface area contributed by atoms with Crippen LogP contribution in [0.25, 0.3) is 0 Å². The number of sulfonamides is 1. The van der Waals surface area contributed by atoms with E-state index in [1.807, 2.05) is 19.9 Å². The van der Waals surface area contributed by atoms with Gasteiger partial charge in [0.2, 0.25) is 10.0 Å². The van der Waals surface area contributed by atoms with Gasteiger partial charge in [-0.05, 0) is 50.8 Å². The van der Waals surface area contributed by atoms with E-state index in [2.05, 4.69) is 4.72 Å². The van der Waals surface area contributed by atoms with Crippen molar-refractivity contribution in [3.8, 4) is 6.07 Å². The van der Waals surface area contributed by atoms with Gasteiger partial charge in [-0.25, -0.2) is 13.1 Å². The van der Waals surface area contributed by atoms with Gasteiger partial charge in [-0.2, -0.15) is 5.26 Å². The molecule has 1 aliphatic carbocycles. The summed E-state index contributed by atoms with van der Waals surface area (Å²) in [6.07, 6.45) is 2.08. The Hall–Kier alpha value is -1.09. The largest absolute Gasteiger partial charge is 0.242 e. The van der Waals surface area contributed by atoms with Crippen LogP contribution in [-0.4, -0.2) is 14.0 Å². The van der Waals surface area contributed by atoms with Crippen molar-refractivity contribution < 1.29 is 8.42 Å². The van der Waals surface area contributed by atoms with Crippen molar-refractivity contribution in [3.05, 3.63) is 28.8 Å². The lowest BCUT2D eigenvalue weighted by atomic mass is 10.0. The lowest BCUT2D eigenvalue weighted by Gasteiger charge is -2.26. The molecule has 0 unspecified atom stereocenters. The number of benzene rings is 1. The van der Waals surface area contributed by atoms with Crippen molar-refractivity contribution in [1.29, 1.82) is 5.26 Å². The van der Waals surface area contributed by atoms with E-state index < -0.39 is 15.6 Å². The highest BCUT2D eigenvalue weighted by Gasteiger charge is 2.40. The zero-order chi connectivity index (χ0) is 14.3. The van der Waals surface area contributed by atoms with Crippen molar-refractivity contribution in [2.45, 2.75) is 37.1 Å². The summed E-state index contributed by atoms with van der Waals surface area (Å²) in [6.45, 7) is 3.75. The molecule has 2 rings (SSSR count). The molecule has 0 heterocycles. The van der Waals surface area contributed by atoms with E-state index in [0.29, 0.717) is 11.5 Å². The molecule has 1 aromatic rings. The van der Waals surface area contributed by atoms with Gasteiger partial charge in [0.05, 0.1) is 16.7 Å². The molecule has 1 saturated carbocycles. The molecule has 0 aromatic heterocycles. The van der Waals surface area contributed by atoms with E-state index in [0.717, 1.165) is 12.8 Å². The second-order valence-electron chi connectivity index (χ2n) is 5.36. The molecule has 0 amide bonds. The lowest BCUT2D eigenvalue weighted by molar-refractivity contribution is 0.400. The minimum atomic E-state index is -3.67. The molecule has 102 valence electrons. The second kappa shape index (κ2) is 4.78. The fourth-order valence-electron chi connectivity index (χ4n) is 2.08. The fourth-order valence-corrected chi connectivity index (χ4v) is 4.10. The number of halogens is 1. The Bertz CT molecular complexity index is 643. The Balaban J connectivity index is 2.32. The zero-order valence-corrected chi connectivity index (χ0v) is 12.3. The van der Waals surface area contributed by atoms with Crippen LogP contribution in [0.1, 0.15) is 32.3 Å². The first-order chi connectivity index (χ1) is 8.76. The fraction of sp³-hybridized carbons (Fsp3) is 0.462. The Morgan fingerprint density at radius 3 is 2.53 bits per heavy atom. The molecule has 1 aliphatic rings. The van der Waals surface area contributed by atoms with Gasteiger partial charge in [0.25, 0.3) is 0 Å². The molecule has 0 saturated heterocycles. The van der Waals surface area contributed by atoms with Gasteiger partial charge in [0, 0.05) is 5.54 Å². The van der Waals surface area contributed by atoms with E-state index in [9.17, 15) is 8.42 Å². The quantitative estimate of drug-likeness (QED) is 0.929. The van der Waals surface area contributed by atoms with E-state index in [4.69, 9.17) is 16.9 Å². The summed E-state index contributed by atoms with van der Waals surface area (Å²) >= 11 is 5.95. The lowest BCUT2D eigenvalue weighted by Crippen LogP contribution is -2.45. The second-order valence-corrected chi connectivity index (χ2v) is 7.42. The van der Waals surface area contributed by atoms with Gasteiger partial charge in [-0.1, -0.05) is 11.6 Å². The standard InChI is InChI=1S/C13H15ClN2O2S/c1-13(2,10-4-5-10)16-19(17,18)12-6-3-9(8-15)7-11(12)14/h3,6-7,10,16H,4-5H2,1-2H3. The van der Waals surface area contributed by atoms with Crippen LogP contribution in [-0.2, 0) is 10.0 Å². The maximum atomic E-state index is 12.3. The highest BCUT2D eigenvalue weighted by molar-refractivity contribution is 7.89. The number of nitrogens with zero attached hydrogens (tertiary/aromatic N) is 1. The first-order valence-electron chi connectivity index (χ1n) is 6.00. The predicted octanol–water partition coefficient (Wildman–Crippen LogP) is 2.68. The number of nitriles is 1. The third-order valence-electron chi connectivity index (χ3n) is 3.35. The smallest absolute Gasteiger partial charge is 0.207 e. The molecule has 4 nitrogen and oxygen atoms in total. The Morgan fingerprint density at radius 2 is 2.05 bits per heavy atom. The summed E-state index contributed by atoms with van der Waals surface area (Å²) in [6, 6.07) is 6.10. The molecule has 0 atom stereocenters. The monoisotopic (exact) mass is 298 g/mol. The number of rotatable bonds is 4. The van der Waals surface area contributed by atoms with Crippen LogP contribution in [0.15, 0.2) is 23.1 Å². The van der Waals surface area contributed by atoms with Crippen LogP contribution in [0.4, 0.5) is 0 Å². The molecule has 0 aliphatic heterocycles. The van der Waals surface area contributed by atoms with Gasteiger partial charge in [0.15, 0.2) is 0 Å². The minimum absolute atomic E-state index is 0.0156. The maximum absolute atomic E-state index is 12.3. The predicted molar refractivity (Wildman–Crippen MR) is 73.3 cm³/mol. The molecule has 1 fully saturated rings. The van der Waals surface area contributed by atoms with Gasteiger partial charge < -0.3 is 0 Å². The SMILES string of the molecule is CC(C)(NS(=O)(=O)c1ccc(C#N)cc1Cl)C1CC1. The van der Waals surface area contributed by atoms with E-state index in [1.165, 1.54) is 18.2 Å². The highest BCUT2D eigenvalue weighted by atomic mass is 35.5. The Morgan fingerprint density at radius 1 is 1.42 bits per heavy atom. The van der Waals surface area contributed by atoms with Crippen molar-refractivity contribution in [1.82, 2.24) is 4.72 Å². The first kappa shape index (κ1) is 14.3. The molecule has 0 bridgehead atoms. The molecule has 1 aromatic carbocycles. The summed E-state index contributed by atoms with van der Waals surface area (Å²) < 4.78 is 27.3. The van der Waals surface area contributed by atoms with Gasteiger partial charge in [-0.3, -0.25) is 0 Å². The van der Waals surface area contributed by atoms with E-state index in [1.54, 1.807) is 0 Å². The normalized spacial score (nSPS) is 16.1. The minimum Gasteiger partial charge on any atom is -0.207 e. The summed E-state index contributed by atoms with van der Waals surface area (Å²) in [4.78, 5) is 0.0156. The molecular weight excluding hydrogens is 284 g/mol. The summed E-state index contributed by atoms with van der Waals surface area (Å²) in [7, 11) is -3.67. The van der Waals surface area contributed by atoms with Crippen molar-refractivity contribution in [3.63, 3.8) is 0 Å². The molecule has 0 radical (unpaired) electrons. The van der Waals surface area contributed by atoms with Crippen LogP contribution in [0.2, 0.25) is 5.02 Å². The van der Waals surface area contributed by atoms with E-state index >= 15 is 0 Å². The molecule has 1 N–H and O–H groups in total. The van der Waals surface area contributed by atoms with Crippen LogP contribution in [0.3, 0.4) is 0 Å². The third kappa shape index (κ3) is 3.08. The molecule has 6 heteroatoms. The average molecular weight is 299 g/mol. The summed E-state index contributed by atoms with van der Waals surface area (Å²) in [5, 5.41) is 8.82. The van der Waals surface area contributed by atoms with Gasteiger partial charge >= 0.3 is 0 Å². The first-order valence-corrected chi connectivity index (χ1v) is 7.86. The summed E-state index contributed by atoms with van der Waals surface area (Å²) in [5.41, 5.74) is -0.138. The molecule has 19 heavy (non-hydrogen) atoms. The number of hydrogen-bond donors (Lipinski definition) is 1. The topological polar surface area (TPSA) is 70.0 Å². The zero-order valence-electron chi connectivity index (χ0n) is 10.8. The van der Waals surface area contributed by atoms with Gasteiger partial charge in [0.1, 0.15) is 4.90 Å². The summed E-state index contributed by atoms with van der Waals surface area (Å²) in [5.74, 6) is 0.374. The number of nitrogens with one attached hydrogen (secondary N) is 1. The van der Waals surface area contributed by atoms with Crippen LogP contribution >= 0.6 is 11.6 Å². The van der Waals surface area contributed by atoms with Crippen LogP contribution in [0.5, 0.6) is 0 Å². The maximum Gasteiger partial charge on any atom is 0.242 e. The molecule has 0 spiro atoms.